The molecule has 3 rings (SSSR count). The third-order valence-electron chi connectivity index (χ3n) is 5.13. The van der Waals surface area contributed by atoms with E-state index in [2.05, 4.69) is 21.2 Å². The van der Waals surface area contributed by atoms with Gasteiger partial charge in [0.15, 0.2) is 6.61 Å². The zero-order chi connectivity index (χ0) is 24.5. The first kappa shape index (κ1) is 24.2. The molecule has 0 spiro atoms. The molecule has 0 fully saturated rings. The highest BCUT2D eigenvalue weighted by molar-refractivity contribution is 6.39. The van der Waals surface area contributed by atoms with Crippen molar-refractivity contribution in [3.05, 3.63) is 89.0 Å². The van der Waals surface area contributed by atoms with E-state index in [1.54, 1.807) is 36.4 Å². The molecular formula is C26H26N4O4. The zero-order valence-corrected chi connectivity index (χ0v) is 19.2. The number of hydrogen-bond donors (Lipinski definition) is 3. The minimum atomic E-state index is -0.909. The van der Waals surface area contributed by atoms with E-state index in [9.17, 15) is 14.4 Å². The Bertz CT molecular complexity index is 1240. The molecule has 0 aliphatic heterocycles. The topological polar surface area (TPSA) is 109 Å². The molecule has 0 saturated heterocycles. The molecule has 0 unspecified atom stereocenters. The lowest BCUT2D eigenvalue weighted by Gasteiger charge is -2.11. The average Bonchev–Trinajstić information content (AvgIpc) is 2.82. The second-order valence-corrected chi connectivity index (χ2v) is 7.59. The molecule has 8 nitrogen and oxygen atoms in total. The highest BCUT2D eigenvalue weighted by Gasteiger charge is 2.14. The molecule has 0 heterocycles. The number of benzene rings is 3. The number of nitrogens with one attached hydrogen (secondary N) is 3. The first-order valence-electron chi connectivity index (χ1n) is 10.6. The molecule has 0 atom stereocenters. The SMILES string of the molecule is Cc1ccccc1NC(=O)COc1ccccc1/C=N\NC(=O)C(=O)Nc1cccc(C)c1C. The highest BCUT2D eigenvalue weighted by atomic mass is 16.5. The van der Waals surface area contributed by atoms with Crippen LogP contribution in [0.1, 0.15) is 22.3 Å². The lowest BCUT2D eigenvalue weighted by molar-refractivity contribution is -0.136. The van der Waals surface area contributed by atoms with Crippen molar-refractivity contribution < 1.29 is 19.1 Å². The molecule has 3 amide bonds. The van der Waals surface area contributed by atoms with Crippen molar-refractivity contribution in [1.82, 2.24) is 5.43 Å². The van der Waals surface area contributed by atoms with Gasteiger partial charge in [-0.3, -0.25) is 14.4 Å². The molecule has 174 valence electrons. The average molecular weight is 459 g/mol. The van der Waals surface area contributed by atoms with E-state index in [4.69, 9.17) is 4.74 Å². The molecule has 0 aliphatic carbocycles. The Balaban J connectivity index is 1.55. The normalized spacial score (nSPS) is 10.6. The molecule has 0 aromatic heterocycles. The van der Waals surface area contributed by atoms with Gasteiger partial charge in [-0.05, 0) is 61.7 Å². The number of aryl methyl sites for hydroxylation is 2. The number of rotatable bonds is 7. The van der Waals surface area contributed by atoms with E-state index in [0.29, 0.717) is 22.7 Å². The molecule has 0 aliphatic rings. The van der Waals surface area contributed by atoms with E-state index in [0.717, 1.165) is 16.7 Å². The Morgan fingerprint density at radius 3 is 2.26 bits per heavy atom. The van der Waals surface area contributed by atoms with Gasteiger partial charge in [-0.1, -0.05) is 42.5 Å². The van der Waals surface area contributed by atoms with Crippen molar-refractivity contribution in [2.45, 2.75) is 20.8 Å². The molecule has 3 aromatic rings. The van der Waals surface area contributed by atoms with Gasteiger partial charge < -0.3 is 15.4 Å². The quantitative estimate of drug-likeness (QED) is 0.285. The summed E-state index contributed by atoms with van der Waals surface area (Å²) in [7, 11) is 0. The molecule has 0 bridgehead atoms. The maximum Gasteiger partial charge on any atom is 0.329 e. The van der Waals surface area contributed by atoms with Crippen molar-refractivity contribution in [3.8, 4) is 5.75 Å². The van der Waals surface area contributed by atoms with Crippen LogP contribution in [0.3, 0.4) is 0 Å². The van der Waals surface area contributed by atoms with Gasteiger partial charge in [0.25, 0.3) is 5.91 Å². The maximum atomic E-state index is 12.3. The van der Waals surface area contributed by atoms with Crippen LogP contribution < -0.4 is 20.8 Å². The molecule has 0 saturated carbocycles. The molecule has 3 N–H and O–H groups in total. The van der Waals surface area contributed by atoms with Gasteiger partial charge in [0.05, 0.1) is 6.21 Å². The van der Waals surface area contributed by atoms with Gasteiger partial charge in [-0.2, -0.15) is 5.10 Å². The van der Waals surface area contributed by atoms with Gasteiger partial charge in [0, 0.05) is 16.9 Å². The largest absolute Gasteiger partial charge is 0.483 e. The lowest BCUT2D eigenvalue weighted by atomic mass is 10.1. The van der Waals surface area contributed by atoms with E-state index in [-0.39, 0.29) is 12.5 Å². The predicted octanol–water partition coefficient (Wildman–Crippen LogP) is 3.72. The Hall–Kier alpha value is -4.46. The van der Waals surface area contributed by atoms with Gasteiger partial charge >= 0.3 is 11.8 Å². The van der Waals surface area contributed by atoms with Crippen LogP contribution in [-0.4, -0.2) is 30.5 Å². The summed E-state index contributed by atoms with van der Waals surface area (Å²) in [6.07, 6.45) is 1.34. The van der Waals surface area contributed by atoms with E-state index in [1.807, 2.05) is 51.1 Å². The summed E-state index contributed by atoms with van der Waals surface area (Å²) in [5, 5.41) is 9.22. The minimum Gasteiger partial charge on any atom is -0.483 e. The second-order valence-electron chi connectivity index (χ2n) is 7.59. The fourth-order valence-corrected chi connectivity index (χ4v) is 3.04. The van der Waals surface area contributed by atoms with Crippen LogP contribution in [0.15, 0.2) is 71.8 Å². The summed E-state index contributed by atoms with van der Waals surface area (Å²) in [5.41, 5.74) is 6.83. The Morgan fingerprint density at radius 1 is 0.794 bits per heavy atom. The van der Waals surface area contributed by atoms with Crippen molar-refractivity contribution >= 4 is 35.3 Å². The Morgan fingerprint density at radius 2 is 1.47 bits per heavy atom. The van der Waals surface area contributed by atoms with Crippen LogP contribution in [-0.2, 0) is 14.4 Å². The summed E-state index contributed by atoms with van der Waals surface area (Å²) >= 11 is 0. The molecular weight excluding hydrogens is 432 g/mol. The van der Waals surface area contributed by atoms with Gasteiger partial charge in [0.2, 0.25) is 0 Å². The third kappa shape index (κ3) is 6.52. The number of nitrogens with zero attached hydrogens (tertiary/aromatic N) is 1. The second kappa shape index (κ2) is 11.4. The first-order chi connectivity index (χ1) is 16.3. The van der Waals surface area contributed by atoms with E-state index in [1.165, 1.54) is 6.21 Å². The summed E-state index contributed by atoms with van der Waals surface area (Å²) in [6, 6.07) is 19.8. The number of amides is 3. The third-order valence-corrected chi connectivity index (χ3v) is 5.13. The summed E-state index contributed by atoms with van der Waals surface area (Å²) in [5.74, 6) is -1.64. The number of hydrogen-bond acceptors (Lipinski definition) is 5. The Kier molecular flexibility index (Phi) is 8.12. The molecule has 8 heteroatoms. The number of carbonyl (C=O) groups is 3. The lowest BCUT2D eigenvalue weighted by Crippen LogP contribution is -2.32. The summed E-state index contributed by atoms with van der Waals surface area (Å²) in [4.78, 5) is 36.5. The predicted molar refractivity (Wildman–Crippen MR) is 132 cm³/mol. The van der Waals surface area contributed by atoms with Crippen molar-refractivity contribution in [2.24, 2.45) is 5.10 Å². The molecule has 34 heavy (non-hydrogen) atoms. The highest BCUT2D eigenvalue weighted by Crippen LogP contribution is 2.18. The summed E-state index contributed by atoms with van der Waals surface area (Å²) < 4.78 is 5.62. The Labute approximate surface area is 198 Å². The summed E-state index contributed by atoms with van der Waals surface area (Å²) in [6.45, 7) is 5.48. The van der Waals surface area contributed by atoms with Crippen molar-refractivity contribution in [2.75, 3.05) is 17.2 Å². The molecule has 0 radical (unpaired) electrons. The van der Waals surface area contributed by atoms with Crippen molar-refractivity contribution in [3.63, 3.8) is 0 Å². The van der Waals surface area contributed by atoms with Gasteiger partial charge in [0.1, 0.15) is 5.75 Å². The van der Waals surface area contributed by atoms with Crippen LogP contribution in [0, 0.1) is 20.8 Å². The smallest absolute Gasteiger partial charge is 0.329 e. The van der Waals surface area contributed by atoms with Crippen molar-refractivity contribution in [1.29, 1.82) is 0 Å². The minimum absolute atomic E-state index is 0.205. The zero-order valence-electron chi connectivity index (χ0n) is 19.2. The number of carbonyl (C=O) groups excluding carboxylic acids is 3. The standard InChI is InChI=1S/C26H26N4O4/c1-17-10-8-13-22(19(17)3)29-25(32)26(33)30-27-15-20-11-5-7-14-23(20)34-16-24(31)28-21-12-6-4-9-18(21)2/h4-15H,16H2,1-3H3,(H,28,31)(H,29,32)(H,30,33)/b27-15-. The number of hydrazone groups is 1. The van der Waals surface area contributed by atoms with Crippen LogP contribution >= 0.6 is 0 Å². The van der Waals surface area contributed by atoms with Crippen LogP contribution in [0.25, 0.3) is 0 Å². The van der Waals surface area contributed by atoms with Gasteiger partial charge in [-0.15, -0.1) is 0 Å². The van der Waals surface area contributed by atoms with E-state index >= 15 is 0 Å². The monoisotopic (exact) mass is 458 g/mol. The van der Waals surface area contributed by atoms with E-state index < -0.39 is 11.8 Å². The maximum absolute atomic E-state index is 12.3. The van der Waals surface area contributed by atoms with Gasteiger partial charge in [-0.25, -0.2) is 5.43 Å². The molecule has 3 aromatic carbocycles. The number of anilines is 2. The fourth-order valence-electron chi connectivity index (χ4n) is 3.04. The van der Waals surface area contributed by atoms with Crippen LogP contribution in [0.5, 0.6) is 5.75 Å². The number of ether oxygens (including phenoxy) is 1. The fraction of sp³-hybridized carbons (Fsp3) is 0.154. The van der Waals surface area contributed by atoms with Crippen LogP contribution in [0.2, 0.25) is 0 Å². The number of para-hydroxylation sites is 2. The first-order valence-corrected chi connectivity index (χ1v) is 10.6. The van der Waals surface area contributed by atoms with Crippen LogP contribution in [0.4, 0.5) is 11.4 Å².